The molecule has 0 heterocycles. The summed E-state index contributed by atoms with van der Waals surface area (Å²) in [6.45, 7) is 0. The topological polar surface area (TPSA) is 38.4 Å². The van der Waals surface area contributed by atoms with Gasteiger partial charge in [-0.15, -0.1) is 13.2 Å². The maximum absolute atomic E-state index is 10.5. The van der Waals surface area contributed by atoms with Gasteiger partial charge < -0.3 is 0 Å². The van der Waals surface area contributed by atoms with Gasteiger partial charge in [0.2, 0.25) is 0 Å². The Labute approximate surface area is 36.1 Å². The molecule has 0 N–H and O–H groups in total. The molecule has 3 nitrogen and oxygen atoms in total. The molecule has 0 bridgehead atoms. The van der Waals surface area contributed by atoms with Crippen LogP contribution in [0.5, 0.6) is 0 Å². The highest BCUT2D eigenvalue weighted by atomic mass is 19.4. The Morgan fingerprint density at radius 3 is 1.71 bits per heavy atom. The van der Waals surface area contributed by atoms with Crippen LogP contribution in [-0.2, 0) is 15.2 Å². The third kappa shape index (κ3) is 5.67. The summed E-state index contributed by atoms with van der Waals surface area (Å²) in [5, 5.41) is 10.5. The average Bonchev–Trinajstić information content (AvgIpc) is 1.30. The molecular formula is CF3O3. The first-order valence-electron chi connectivity index (χ1n) is 1.10. The standard InChI is InChI=1S/CF3O3/c2-1(3,4)6-7-5. The second-order valence-electron chi connectivity index (χ2n) is 0.597. The Balaban J connectivity index is 3.15. The minimum Gasteiger partial charge on any atom is -0.142 e. The zero-order valence-corrected chi connectivity index (χ0v) is 2.86. The highest BCUT2D eigenvalue weighted by molar-refractivity contribution is 4.11. The molecule has 0 aromatic rings. The molecule has 0 aliphatic heterocycles. The molecule has 0 saturated heterocycles. The summed E-state index contributed by atoms with van der Waals surface area (Å²) in [7, 11) is 0. The number of halogens is 3. The Hall–Kier alpha value is -0.330. The summed E-state index contributed by atoms with van der Waals surface area (Å²) >= 11 is 0. The first kappa shape index (κ1) is 6.67. The largest absolute Gasteiger partial charge is 0.551 e. The summed E-state index contributed by atoms with van der Waals surface area (Å²) in [6.07, 6.45) is -4.98. The van der Waals surface area contributed by atoms with Crippen molar-refractivity contribution in [1.29, 1.82) is 0 Å². The molecule has 0 aliphatic carbocycles. The lowest BCUT2D eigenvalue weighted by molar-refractivity contribution is -0.613. The summed E-state index contributed by atoms with van der Waals surface area (Å²) in [5.41, 5.74) is 0. The van der Waals surface area contributed by atoms with E-state index in [1.54, 1.807) is 0 Å². The Kier molecular flexibility index (Phi) is 2.00. The van der Waals surface area contributed by atoms with Crippen molar-refractivity contribution in [2.24, 2.45) is 0 Å². The van der Waals surface area contributed by atoms with Gasteiger partial charge in [0.1, 0.15) is 0 Å². The van der Waals surface area contributed by atoms with Crippen LogP contribution < -0.4 is 0 Å². The van der Waals surface area contributed by atoms with Gasteiger partial charge in [-0.3, -0.25) is 0 Å². The van der Waals surface area contributed by atoms with Crippen LogP contribution in [0.3, 0.4) is 0 Å². The van der Waals surface area contributed by atoms with Crippen molar-refractivity contribution in [3.05, 3.63) is 0 Å². The minimum absolute atomic E-state index is 2.03. The van der Waals surface area contributed by atoms with E-state index in [-0.39, 0.29) is 0 Å². The second-order valence-corrected chi connectivity index (χ2v) is 0.597. The van der Waals surface area contributed by atoms with Crippen LogP contribution >= 0.6 is 0 Å². The van der Waals surface area contributed by atoms with Crippen molar-refractivity contribution in [2.45, 2.75) is 6.36 Å². The van der Waals surface area contributed by atoms with E-state index in [1.165, 1.54) is 0 Å². The van der Waals surface area contributed by atoms with Gasteiger partial charge in [0, 0.05) is 0 Å². The van der Waals surface area contributed by atoms with Gasteiger partial charge >= 0.3 is 6.36 Å². The third-order valence-corrected chi connectivity index (χ3v) is 0.129. The maximum atomic E-state index is 10.5. The molecule has 7 heavy (non-hydrogen) atoms. The molecule has 0 amide bonds. The van der Waals surface area contributed by atoms with Gasteiger partial charge in [0.15, 0.2) is 0 Å². The first-order chi connectivity index (χ1) is 3.06. The first-order valence-corrected chi connectivity index (χ1v) is 1.10. The van der Waals surface area contributed by atoms with Crippen molar-refractivity contribution in [2.75, 3.05) is 0 Å². The van der Waals surface area contributed by atoms with Crippen LogP contribution in [0.15, 0.2) is 0 Å². The van der Waals surface area contributed by atoms with E-state index in [2.05, 4.69) is 4.89 Å². The van der Waals surface area contributed by atoms with Crippen molar-refractivity contribution in [3.63, 3.8) is 0 Å². The number of hydrogen-bond acceptors (Lipinski definition) is 2. The van der Waals surface area contributed by atoms with E-state index < -0.39 is 6.36 Å². The van der Waals surface area contributed by atoms with Crippen LogP contribution in [0.2, 0.25) is 0 Å². The van der Waals surface area contributed by atoms with E-state index in [0.29, 0.717) is 0 Å². The molecule has 1 radical (unpaired) electrons. The van der Waals surface area contributed by atoms with E-state index >= 15 is 0 Å². The Bertz CT molecular complexity index is 48.6. The van der Waals surface area contributed by atoms with E-state index in [9.17, 15) is 13.2 Å². The van der Waals surface area contributed by atoms with Crippen molar-refractivity contribution in [3.8, 4) is 0 Å². The van der Waals surface area contributed by atoms with Crippen molar-refractivity contribution >= 4 is 0 Å². The summed E-state index contributed by atoms with van der Waals surface area (Å²) in [4.78, 5) is 2.17. The lowest BCUT2D eigenvalue weighted by atomic mass is 11.4. The normalized spacial score (nSPS) is 12.0. The van der Waals surface area contributed by atoms with Crippen LogP contribution in [0.4, 0.5) is 13.2 Å². The lowest BCUT2D eigenvalue weighted by Crippen LogP contribution is -2.11. The second kappa shape index (κ2) is 2.10. The minimum atomic E-state index is -4.98. The molecular weight excluding hydrogens is 117 g/mol. The number of rotatable bonds is 1. The molecule has 0 fully saturated rings. The molecule has 0 aromatic carbocycles. The third-order valence-electron chi connectivity index (χ3n) is 0.129. The number of alkyl halides is 3. The van der Waals surface area contributed by atoms with Crippen LogP contribution in [0, 0.1) is 0 Å². The highest BCUT2D eigenvalue weighted by Crippen LogP contribution is 2.15. The van der Waals surface area contributed by atoms with Crippen LogP contribution in [0.25, 0.3) is 0 Å². The quantitative estimate of drug-likeness (QED) is 0.376. The van der Waals surface area contributed by atoms with Crippen LogP contribution in [-0.4, -0.2) is 6.36 Å². The molecule has 0 rings (SSSR count). The predicted octanol–water partition coefficient (Wildman–Crippen LogP) is 0.800. The molecule has 0 aliphatic rings. The predicted molar refractivity (Wildman–Crippen MR) is 8.91 cm³/mol. The highest BCUT2D eigenvalue weighted by Gasteiger charge is 2.31. The van der Waals surface area contributed by atoms with Gasteiger partial charge in [0.25, 0.3) is 0 Å². The van der Waals surface area contributed by atoms with E-state index in [0.717, 1.165) is 0 Å². The van der Waals surface area contributed by atoms with Crippen molar-refractivity contribution in [1.82, 2.24) is 0 Å². The number of hydrogen-bond donors (Lipinski definition) is 0. The fraction of sp³-hybridized carbons (Fsp3) is 1.00. The fourth-order valence-electron chi connectivity index (χ4n) is 0.0386. The molecule has 0 unspecified atom stereocenters. The smallest absolute Gasteiger partial charge is 0.142 e. The molecule has 43 valence electrons. The van der Waals surface area contributed by atoms with Crippen molar-refractivity contribution < 1.29 is 28.4 Å². The SMILES string of the molecule is [O]OOC(F)(F)F. The van der Waals surface area contributed by atoms with Gasteiger partial charge in [-0.05, 0) is 10.3 Å². The molecule has 0 atom stereocenters. The van der Waals surface area contributed by atoms with Gasteiger partial charge in [0.05, 0.1) is 0 Å². The molecule has 0 saturated carbocycles. The van der Waals surface area contributed by atoms with E-state index in [1.807, 2.05) is 5.04 Å². The van der Waals surface area contributed by atoms with E-state index in [4.69, 9.17) is 5.26 Å². The summed E-state index contributed by atoms with van der Waals surface area (Å²) in [6, 6.07) is 0. The van der Waals surface area contributed by atoms with Gasteiger partial charge in [-0.2, -0.15) is 0 Å². The molecule has 0 aromatic heterocycles. The average molecular weight is 117 g/mol. The molecule has 6 heteroatoms. The van der Waals surface area contributed by atoms with Gasteiger partial charge in [-0.1, -0.05) is 4.89 Å². The summed E-state index contributed by atoms with van der Waals surface area (Å²) in [5.74, 6) is 0. The summed E-state index contributed by atoms with van der Waals surface area (Å²) < 4.78 is 31.5. The molecule has 0 spiro atoms. The Morgan fingerprint density at radius 1 is 1.29 bits per heavy atom. The van der Waals surface area contributed by atoms with Crippen LogP contribution in [0.1, 0.15) is 0 Å². The zero-order chi connectivity index (χ0) is 5.91. The maximum Gasteiger partial charge on any atom is 0.551 e. The zero-order valence-electron chi connectivity index (χ0n) is 2.86. The lowest BCUT2D eigenvalue weighted by Gasteiger charge is -1.96. The Morgan fingerprint density at radius 2 is 1.71 bits per heavy atom. The van der Waals surface area contributed by atoms with Gasteiger partial charge in [-0.25, -0.2) is 0 Å². The monoisotopic (exact) mass is 117 g/mol. The fourth-order valence-corrected chi connectivity index (χ4v) is 0.0386.